The van der Waals surface area contributed by atoms with Crippen molar-refractivity contribution < 1.29 is 9.90 Å². The summed E-state index contributed by atoms with van der Waals surface area (Å²) in [5.41, 5.74) is 0.282. The van der Waals surface area contributed by atoms with Crippen LogP contribution in [-0.2, 0) is 0 Å². The lowest BCUT2D eigenvalue weighted by molar-refractivity contribution is 0.0659. The molecule has 17 heavy (non-hydrogen) atoms. The van der Waals surface area contributed by atoms with Crippen LogP contribution in [0.25, 0.3) is 0 Å². The van der Waals surface area contributed by atoms with Crippen LogP contribution in [0.5, 0.6) is 0 Å². The predicted molar refractivity (Wildman–Crippen MR) is 72.3 cm³/mol. The Morgan fingerprint density at radius 2 is 2.00 bits per heavy atom. The Balaban J connectivity index is 2.77. The van der Waals surface area contributed by atoms with Crippen LogP contribution in [0.15, 0.2) is 28.7 Å². The molecule has 4 heteroatoms. The molecular formula is C13H18BrNO2. The number of hydrogen-bond acceptors (Lipinski definition) is 3. The van der Waals surface area contributed by atoms with Crippen molar-refractivity contribution in [1.82, 2.24) is 4.90 Å². The lowest BCUT2D eigenvalue weighted by atomic mass is 10.0. The highest BCUT2D eigenvalue weighted by atomic mass is 79.9. The van der Waals surface area contributed by atoms with Gasteiger partial charge in [-0.15, -0.1) is 0 Å². The van der Waals surface area contributed by atoms with Gasteiger partial charge in [0.1, 0.15) is 0 Å². The van der Waals surface area contributed by atoms with Crippen molar-refractivity contribution in [2.75, 3.05) is 20.2 Å². The maximum absolute atomic E-state index is 12.1. The van der Waals surface area contributed by atoms with E-state index in [1.165, 1.54) is 0 Å². The van der Waals surface area contributed by atoms with Gasteiger partial charge < -0.3 is 5.11 Å². The summed E-state index contributed by atoms with van der Waals surface area (Å²) in [5.74, 6) is 0.0431. The fourth-order valence-electron chi connectivity index (χ4n) is 1.32. The Kier molecular flexibility index (Phi) is 4.86. The number of carbonyl (C=O) groups is 1. The largest absolute Gasteiger partial charge is 0.394 e. The Morgan fingerprint density at radius 1 is 1.41 bits per heavy atom. The van der Waals surface area contributed by atoms with E-state index in [1.807, 2.05) is 44.0 Å². The van der Waals surface area contributed by atoms with E-state index in [9.17, 15) is 9.90 Å². The molecule has 3 nitrogen and oxygen atoms in total. The lowest BCUT2D eigenvalue weighted by Gasteiger charge is -2.33. The van der Waals surface area contributed by atoms with Gasteiger partial charge in [0.2, 0.25) is 0 Å². The van der Waals surface area contributed by atoms with Crippen LogP contribution < -0.4 is 0 Å². The summed E-state index contributed by atoms with van der Waals surface area (Å²) in [5, 5.41) is 9.24. The summed E-state index contributed by atoms with van der Waals surface area (Å²) < 4.78 is 0.806. The molecule has 0 aliphatic heterocycles. The molecule has 0 radical (unpaired) electrons. The molecule has 0 spiro atoms. The number of likely N-dealkylation sites (N-methyl/N-ethyl adjacent to an activating group) is 1. The number of Topliss-reactive ketones (excluding diaryl/α,β-unsaturated/α-hetero) is 1. The Morgan fingerprint density at radius 3 is 2.53 bits per heavy atom. The number of carbonyl (C=O) groups excluding carboxylic acids is 1. The number of ketones is 1. The van der Waals surface area contributed by atoms with Crippen LogP contribution in [-0.4, -0.2) is 41.5 Å². The molecular weight excluding hydrogens is 282 g/mol. The molecule has 1 aromatic carbocycles. The van der Waals surface area contributed by atoms with E-state index >= 15 is 0 Å². The fourth-order valence-corrected chi connectivity index (χ4v) is 1.83. The molecule has 0 saturated carbocycles. The van der Waals surface area contributed by atoms with Gasteiger partial charge >= 0.3 is 0 Å². The van der Waals surface area contributed by atoms with Crippen molar-refractivity contribution in [3.05, 3.63) is 34.3 Å². The maximum atomic E-state index is 12.1. The molecule has 1 aromatic rings. The molecule has 0 fully saturated rings. The van der Waals surface area contributed by atoms with Crippen LogP contribution in [0.4, 0.5) is 0 Å². The number of nitrogens with zero attached hydrogens (tertiary/aromatic N) is 1. The molecule has 0 unspecified atom stereocenters. The molecule has 94 valence electrons. The second kappa shape index (κ2) is 5.76. The van der Waals surface area contributed by atoms with Gasteiger partial charge in [0.15, 0.2) is 5.78 Å². The van der Waals surface area contributed by atoms with Crippen LogP contribution in [0.1, 0.15) is 24.2 Å². The van der Waals surface area contributed by atoms with Crippen LogP contribution in [0.2, 0.25) is 0 Å². The average molecular weight is 300 g/mol. The second-order valence-electron chi connectivity index (χ2n) is 4.73. The lowest BCUT2D eigenvalue weighted by Crippen LogP contribution is -2.46. The maximum Gasteiger partial charge on any atom is 0.177 e. The number of aliphatic hydroxyl groups is 1. The van der Waals surface area contributed by atoms with Crippen molar-refractivity contribution in [2.24, 2.45) is 0 Å². The first-order valence-electron chi connectivity index (χ1n) is 5.48. The summed E-state index contributed by atoms with van der Waals surface area (Å²) in [4.78, 5) is 13.9. The highest BCUT2D eigenvalue weighted by Crippen LogP contribution is 2.18. The zero-order valence-corrected chi connectivity index (χ0v) is 12.0. The van der Waals surface area contributed by atoms with E-state index in [2.05, 4.69) is 15.9 Å². The number of rotatable bonds is 5. The smallest absolute Gasteiger partial charge is 0.177 e. The van der Waals surface area contributed by atoms with Gasteiger partial charge in [-0.25, -0.2) is 0 Å². The van der Waals surface area contributed by atoms with Crippen LogP contribution >= 0.6 is 15.9 Å². The third-order valence-corrected chi connectivity index (χ3v) is 3.67. The van der Waals surface area contributed by atoms with Crippen molar-refractivity contribution >= 4 is 21.7 Å². The Bertz CT molecular complexity index is 404. The second-order valence-corrected chi connectivity index (χ2v) is 5.58. The van der Waals surface area contributed by atoms with E-state index in [1.54, 1.807) is 6.07 Å². The number of benzene rings is 1. The molecule has 0 bridgehead atoms. The molecule has 0 aliphatic carbocycles. The van der Waals surface area contributed by atoms with Gasteiger partial charge in [-0.2, -0.15) is 0 Å². The first kappa shape index (κ1) is 14.4. The molecule has 0 atom stereocenters. The summed E-state index contributed by atoms with van der Waals surface area (Å²) in [6.45, 7) is 4.11. The molecule has 1 rings (SSSR count). The number of halogens is 1. The third-order valence-electron chi connectivity index (χ3n) is 2.98. The zero-order valence-electron chi connectivity index (χ0n) is 10.4. The normalized spacial score (nSPS) is 11.9. The molecule has 0 heterocycles. The van der Waals surface area contributed by atoms with Gasteiger partial charge in [0.05, 0.1) is 13.2 Å². The fraction of sp³-hybridized carbons (Fsp3) is 0.462. The molecule has 0 saturated heterocycles. The minimum absolute atomic E-state index is 0.0206. The molecule has 0 aliphatic rings. The van der Waals surface area contributed by atoms with E-state index < -0.39 is 5.54 Å². The van der Waals surface area contributed by atoms with Crippen molar-refractivity contribution in [1.29, 1.82) is 0 Å². The van der Waals surface area contributed by atoms with Gasteiger partial charge in [0, 0.05) is 15.6 Å². The summed E-state index contributed by atoms with van der Waals surface area (Å²) >= 11 is 3.37. The quantitative estimate of drug-likeness (QED) is 0.849. The van der Waals surface area contributed by atoms with Crippen molar-refractivity contribution in [2.45, 2.75) is 19.4 Å². The third kappa shape index (κ3) is 3.63. The summed E-state index contributed by atoms with van der Waals surface area (Å²) in [6, 6.07) is 7.37. The SMILES string of the molecule is CN(CC(=O)c1ccccc1Br)C(C)(C)CO. The minimum Gasteiger partial charge on any atom is -0.394 e. The van der Waals surface area contributed by atoms with Crippen molar-refractivity contribution in [3.63, 3.8) is 0 Å². The van der Waals surface area contributed by atoms with E-state index in [0.717, 1.165) is 4.47 Å². The van der Waals surface area contributed by atoms with E-state index in [-0.39, 0.29) is 18.9 Å². The van der Waals surface area contributed by atoms with Gasteiger partial charge in [-0.3, -0.25) is 9.69 Å². The standard InChI is InChI=1S/C13H18BrNO2/c1-13(2,9-16)15(3)8-12(17)10-6-4-5-7-11(10)14/h4-7,16H,8-9H2,1-3H3. The number of hydrogen-bond donors (Lipinski definition) is 1. The summed E-state index contributed by atoms with van der Waals surface area (Å²) in [6.07, 6.45) is 0. The summed E-state index contributed by atoms with van der Waals surface area (Å²) in [7, 11) is 1.84. The van der Waals surface area contributed by atoms with Gasteiger partial charge in [-0.1, -0.05) is 34.1 Å². The Labute approximate surface area is 111 Å². The van der Waals surface area contributed by atoms with E-state index in [0.29, 0.717) is 5.56 Å². The first-order chi connectivity index (χ1) is 7.88. The average Bonchev–Trinajstić information content (AvgIpc) is 2.29. The van der Waals surface area contributed by atoms with Gasteiger partial charge in [0.25, 0.3) is 0 Å². The highest BCUT2D eigenvalue weighted by Gasteiger charge is 2.24. The topological polar surface area (TPSA) is 40.5 Å². The Hall–Kier alpha value is -0.710. The predicted octanol–water partition coefficient (Wildman–Crippen LogP) is 2.33. The van der Waals surface area contributed by atoms with Crippen molar-refractivity contribution in [3.8, 4) is 0 Å². The monoisotopic (exact) mass is 299 g/mol. The van der Waals surface area contributed by atoms with Crippen LogP contribution in [0, 0.1) is 0 Å². The number of aliphatic hydroxyl groups excluding tert-OH is 1. The first-order valence-corrected chi connectivity index (χ1v) is 6.27. The van der Waals surface area contributed by atoms with E-state index in [4.69, 9.17) is 0 Å². The van der Waals surface area contributed by atoms with Crippen LogP contribution in [0.3, 0.4) is 0 Å². The molecule has 0 aromatic heterocycles. The molecule has 1 N–H and O–H groups in total. The van der Waals surface area contributed by atoms with Gasteiger partial charge in [-0.05, 0) is 27.0 Å². The molecule has 0 amide bonds. The minimum atomic E-state index is -0.392. The zero-order chi connectivity index (χ0) is 13.1. The highest BCUT2D eigenvalue weighted by molar-refractivity contribution is 9.10.